The van der Waals surface area contributed by atoms with Crippen molar-refractivity contribution < 1.29 is 19.0 Å². The molecular weight excluding hydrogens is 418 g/mol. The van der Waals surface area contributed by atoms with Crippen molar-refractivity contribution in [3.63, 3.8) is 0 Å². The second-order valence-corrected chi connectivity index (χ2v) is 9.00. The van der Waals surface area contributed by atoms with Crippen LogP contribution in [0.15, 0.2) is 59.8 Å². The first-order valence-electron chi connectivity index (χ1n) is 9.58. The van der Waals surface area contributed by atoms with Crippen LogP contribution in [0.25, 0.3) is 5.57 Å². The van der Waals surface area contributed by atoms with Crippen molar-refractivity contribution in [2.45, 2.75) is 18.6 Å². The van der Waals surface area contributed by atoms with Gasteiger partial charge in [0.25, 0.3) is 0 Å². The van der Waals surface area contributed by atoms with E-state index < -0.39 is 5.97 Å². The maximum absolute atomic E-state index is 12.2. The van der Waals surface area contributed by atoms with Gasteiger partial charge in [-0.05, 0) is 59.0 Å². The molecular formula is C23H25NO4S2. The molecule has 7 heteroatoms. The standard InChI is InChI=1S/C23H25NO4S2/c1-26-14-21(23(25)28-3)20-7-5-4-6-17(20)15-29-30-22(16-8-9-16)24-18-10-12-19(27-2)13-11-18/h4-7,10-14,16H,8-9,15H2,1-3H3/b21-14+,24-22?. The van der Waals surface area contributed by atoms with Crippen LogP contribution >= 0.6 is 21.6 Å². The maximum atomic E-state index is 12.2. The molecule has 0 heterocycles. The Labute approximate surface area is 185 Å². The molecule has 3 rings (SSSR count). The molecule has 0 bridgehead atoms. The Morgan fingerprint density at radius 2 is 1.83 bits per heavy atom. The SMILES string of the molecule is CO/C=C(/C(=O)OC)c1ccccc1CSSC(=Nc1ccc(OC)cc1)C1CC1. The number of benzene rings is 2. The number of aliphatic imine (C=N–C) groups is 1. The van der Waals surface area contributed by atoms with Crippen LogP contribution in [0.5, 0.6) is 5.75 Å². The van der Waals surface area contributed by atoms with E-state index in [1.807, 2.05) is 48.5 Å². The van der Waals surface area contributed by atoms with Gasteiger partial charge >= 0.3 is 5.97 Å². The van der Waals surface area contributed by atoms with Crippen molar-refractivity contribution in [3.05, 3.63) is 65.9 Å². The van der Waals surface area contributed by atoms with Gasteiger partial charge in [0, 0.05) is 11.7 Å². The molecule has 2 aromatic carbocycles. The van der Waals surface area contributed by atoms with Crippen LogP contribution in [0.2, 0.25) is 0 Å². The van der Waals surface area contributed by atoms with E-state index in [9.17, 15) is 4.79 Å². The van der Waals surface area contributed by atoms with Gasteiger partial charge < -0.3 is 14.2 Å². The van der Waals surface area contributed by atoms with Gasteiger partial charge in [-0.25, -0.2) is 9.79 Å². The molecule has 1 aliphatic rings. The van der Waals surface area contributed by atoms with Crippen molar-refractivity contribution in [1.29, 1.82) is 0 Å². The third kappa shape index (κ3) is 6.06. The van der Waals surface area contributed by atoms with Crippen molar-refractivity contribution in [3.8, 4) is 5.75 Å². The smallest absolute Gasteiger partial charge is 0.341 e. The monoisotopic (exact) mass is 443 g/mol. The van der Waals surface area contributed by atoms with Gasteiger partial charge in [-0.15, -0.1) is 0 Å². The van der Waals surface area contributed by atoms with E-state index in [0.717, 1.165) is 33.4 Å². The summed E-state index contributed by atoms with van der Waals surface area (Å²) in [6.45, 7) is 0. The van der Waals surface area contributed by atoms with Crippen LogP contribution in [0, 0.1) is 5.92 Å². The van der Waals surface area contributed by atoms with Gasteiger partial charge in [0.15, 0.2) is 0 Å². The fourth-order valence-electron chi connectivity index (χ4n) is 2.80. The van der Waals surface area contributed by atoms with Gasteiger partial charge in [-0.2, -0.15) is 0 Å². The Balaban J connectivity index is 1.71. The van der Waals surface area contributed by atoms with Gasteiger partial charge in [-0.3, -0.25) is 0 Å². The van der Waals surface area contributed by atoms with Crippen molar-refractivity contribution in [1.82, 2.24) is 0 Å². The molecule has 0 atom stereocenters. The lowest BCUT2D eigenvalue weighted by Crippen LogP contribution is -2.06. The molecule has 5 nitrogen and oxygen atoms in total. The highest BCUT2D eigenvalue weighted by Gasteiger charge is 2.28. The van der Waals surface area contributed by atoms with Crippen molar-refractivity contribution in [2.24, 2.45) is 10.9 Å². The molecule has 0 radical (unpaired) electrons. The zero-order valence-electron chi connectivity index (χ0n) is 17.3. The van der Waals surface area contributed by atoms with E-state index in [1.54, 1.807) is 28.7 Å². The Hall–Kier alpha value is -2.38. The van der Waals surface area contributed by atoms with Crippen molar-refractivity contribution >= 4 is 43.9 Å². The van der Waals surface area contributed by atoms with Crippen LogP contribution in [-0.4, -0.2) is 32.3 Å². The van der Waals surface area contributed by atoms with Gasteiger partial charge in [0.2, 0.25) is 0 Å². The second kappa shape index (κ2) is 11.1. The number of nitrogens with zero attached hydrogens (tertiary/aromatic N) is 1. The van der Waals surface area contributed by atoms with E-state index in [4.69, 9.17) is 19.2 Å². The molecule has 0 N–H and O–H groups in total. The third-order valence-electron chi connectivity index (χ3n) is 4.55. The summed E-state index contributed by atoms with van der Waals surface area (Å²) in [4.78, 5) is 17.0. The fraction of sp³-hybridized carbons (Fsp3) is 0.304. The fourth-order valence-corrected chi connectivity index (χ4v) is 5.32. The number of rotatable bonds is 9. The number of hydrogen-bond acceptors (Lipinski definition) is 7. The first kappa shape index (κ1) is 22.3. The van der Waals surface area contributed by atoms with Crippen LogP contribution in [-0.2, 0) is 20.0 Å². The Bertz CT molecular complexity index is 921. The summed E-state index contributed by atoms with van der Waals surface area (Å²) in [5, 5.41) is 1.14. The number of carbonyl (C=O) groups is 1. The highest BCUT2D eigenvalue weighted by atomic mass is 33.1. The first-order valence-corrected chi connectivity index (χ1v) is 11.9. The number of hydrogen-bond donors (Lipinski definition) is 0. The van der Waals surface area contributed by atoms with Crippen LogP contribution in [0.4, 0.5) is 5.69 Å². The topological polar surface area (TPSA) is 57.1 Å². The highest BCUT2D eigenvalue weighted by molar-refractivity contribution is 8.82. The summed E-state index contributed by atoms with van der Waals surface area (Å²) in [6.07, 6.45) is 3.80. The zero-order chi connectivity index (χ0) is 21.3. The summed E-state index contributed by atoms with van der Waals surface area (Å²) in [5.74, 6) is 1.68. The van der Waals surface area contributed by atoms with E-state index in [2.05, 4.69) is 0 Å². The van der Waals surface area contributed by atoms with E-state index >= 15 is 0 Å². The molecule has 1 aliphatic carbocycles. The minimum Gasteiger partial charge on any atom is -0.503 e. The zero-order valence-corrected chi connectivity index (χ0v) is 18.9. The summed E-state index contributed by atoms with van der Waals surface area (Å²) in [6, 6.07) is 15.6. The predicted octanol–water partition coefficient (Wildman–Crippen LogP) is 5.88. The molecule has 1 fully saturated rings. The Kier molecular flexibility index (Phi) is 8.28. The largest absolute Gasteiger partial charge is 0.503 e. The average molecular weight is 444 g/mol. The minimum absolute atomic E-state index is 0.413. The molecule has 30 heavy (non-hydrogen) atoms. The number of methoxy groups -OCH3 is 3. The van der Waals surface area contributed by atoms with Crippen LogP contribution < -0.4 is 4.74 Å². The lowest BCUT2D eigenvalue weighted by molar-refractivity contribution is -0.133. The number of esters is 1. The van der Waals surface area contributed by atoms with Gasteiger partial charge in [0.05, 0.1) is 38.3 Å². The molecule has 0 saturated heterocycles. The summed E-state index contributed by atoms with van der Waals surface area (Å²) < 4.78 is 15.2. The first-order chi connectivity index (χ1) is 14.7. The Morgan fingerprint density at radius 1 is 1.10 bits per heavy atom. The molecule has 0 unspecified atom stereocenters. The lowest BCUT2D eigenvalue weighted by atomic mass is 10.0. The molecule has 2 aromatic rings. The summed E-state index contributed by atoms with van der Waals surface area (Å²) >= 11 is 0. The average Bonchev–Trinajstić information content (AvgIpc) is 3.63. The summed E-state index contributed by atoms with van der Waals surface area (Å²) in [7, 11) is 7.98. The van der Waals surface area contributed by atoms with Gasteiger partial charge in [-0.1, -0.05) is 35.1 Å². The molecule has 0 aromatic heterocycles. The number of ether oxygens (including phenoxy) is 3. The predicted molar refractivity (Wildman–Crippen MR) is 125 cm³/mol. The number of carbonyl (C=O) groups excluding carboxylic acids is 1. The third-order valence-corrected chi connectivity index (χ3v) is 6.91. The van der Waals surface area contributed by atoms with Crippen molar-refractivity contribution in [2.75, 3.05) is 21.3 Å². The van der Waals surface area contributed by atoms with E-state index in [-0.39, 0.29) is 0 Å². The summed E-state index contributed by atoms with van der Waals surface area (Å²) in [5.41, 5.74) is 3.21. The second-order valence-electron chi connectivity index (χ2n) is 6.68. The normalized spacial score (nSPS) is 14.4. The van der Waals surface area contributed by atoms with Crippen LogP contribution in [0.1, 0.15) is 24.0 Å². The minimum atomic E-state index is -0.415. The molecule has 1 saturated carbocycles. The van der Waals surface area contributed by atoms with E-state index in [0.29, 0.717) is 11.5 Å². The Morgan fingerprint density at radius 3 is 2.47 bits per heavy atom. The van der Waals surface area contributed by atoms with E-state index in [1.165, 1.54) is 33.3 Å². The highest BCUT2D eigenvalue weighted by Crippen LogP contribution is 2.42. The molecule has 0 spiro atoms. The molecule has 0 amide bonds. The molecule has 0 aliphatic heterocycles. The maximum Gasteiger partial charge on any atom is 0.341 e. The van der Waals surface area contributed by atoms with Gasteiger partial charge in [0.1, 0.15) is 11.3 Å². The quantitative estimate of drug-likeness (QED) is 0.121. The van der Waals surface area contributed by atoms with Crippen LogP contribution in [0.3, 0.4) is 0 Å². The molecule has 158 valence electrons. The lowest BCUT2D eigenvalue weighted by Gasteiger charge is -2.11.